The molecule has 2 nitrogen and oxygen atoms in total. The number of hydrogen-bond acceptors (Lipinski definition) is 2. The van der Waals surface area contributed by atoms with Gasteiger partial charge in [0, 0.05) is 19.7 Å². The summed E-state index contributed by atoms with van der Waals surface area (Å²) in [4.78, 5) is 0. The maximum absolute atomic E-state index is 5.04. The molecule has 1 saturated carbocycles. The van der Waals surface area contributed by atoms with E-state index in [0.717, 1.165) is 13.2 Å². The molecule has 0 aromatic heterocycles. The first-order valence-corrected chi connectivity index (χ1v) is 5.39. The van der Waals surface area contributed by atoms with Gasteiger partial charge < -0.3 is 10.1 Å². The van der Waals surface area contributed by atoms with Crippen molar-refractivity contribution in [1.29, 1.82) is 0 Å². The lowest BCUT2D eigenvalue weighted by atomic mass is 9.73. The SMILES string of the molecule is COCCNC1CCCCC1(C)C. The predicted molar refractivity (Wildman–Crippen MR) is 55.9 cm³/mol. The van der Waals surface area contributed by atoms with Crippen molar-refractivity contribution in [2.24, 2.45) is 5.41 Å². The van der Waals surface area contributed by atoms with Crippen molar-refractivity contribution in [2.75, 3.05) is 20.3 Å². The highest BCUT2D eigenvalue weighted by Crippen LogP contribution is 2.35. The molecule has 0 spiro atoms. The van der Waals surface area contributed by atoms with Gasteiger partial charge in [0.15, 0.2) is 0 Å². The molecule has 0 saturated heterocycles. The van der Waals surface area contributed by atoms with Crippen molar-refractivity contribution in [1.82, 2.24) is 5.32 Å². The van der Waals surface area contributed by atoms with Crippen molar-refractivity contribution in [3.63, 3.8) is 0 Å². The molecule has 0 aromatic carbocycles. The molecule has 1 aliphatic carbocycles. The molecule has 1 rings (SSSR count). The highest BCUT2D eigenvalue weighted by molar-refractivity contribution is 4.87. The summed E-state index contributed by atoms with van der Waals surface area (Å²) in [5.41, 5.74) is 0.478. The lowest BCUT2D eigenvalue weighted by Gasteiger charge is -2.39. The van der Waals surface area contributed by atoms with Crippen molar-refractivity contribution >= 4 is 0 Å². The summed E-state index contributed by atoms with van der Waals surface area (Å²) in [5.74, 6) is 0. The Kier molecular flexibility index (Phi) is 4.20. The molecule has 0 radical (unpaired) electrons. The molecular formula is C11H23NO. The lowest BCUT2D eigenvalue weighted by Crippen LogP contribution is -2.45. The normalized spacial score (nSPS) is 27.5. The minimum atomic E-state index is 0.478. The molecule has 13 heavy (non-hydrogen) atoms. The van der Waals surface area contributed by atoms with Gasteiger partial charge in [-0.05, 0) is 18.3 Å². The molecule has 78 valence electrons. The van der Waals surface area contributed by atoms with Crippen LogP contribution in [0, 0.1) is 5.41 Å². The van der Waals surface area contributed by atoms with Crippen molar-refractivity contribution in [2.45, 2.75) is 45.6 Å². The molecule has 0 heterocycles. The molecule has 1 unspecified atom stereocenters. The van der Waals surface area contributed by atoms with Gasteiger partial charge in [0.25, 0.3) is 0 Å². The highest BCUT2D eigenvalue weighted by Gasteiger charge is 2.31. The number of hydrogen-bond donors (Lipinski definition) is 1. The quantitative estimate of drug-likeness (QED) is 0.678. The Bertz CT molecular complexity index is 145. The highest BCUT2D eigenvalue weighted by atomic mass is 16.5. The Labute approximate surface area is 82.0 Å². The molecule has 1 aliphatic rings. The van der Waals surface area contributed by atoms with E-state index < -0.39 is 0 Å². The van der Waals surface area contributed by atoms with Crippen molar-refractivity contribution < 1.29 is 4.74 Å². The van der Waals surface area contributed by atoms with E-state index in [9.17, 15) is 0 Å². The van der Waals surface area contributed by atoms with Gasteiger partial charge in [0.2, 0.25) is 0 Å². The van der Waals surface area contributed by atoms with E-state index in [1.165, 1.54) is 25.7 Å². The van der Waals surface area contributed by atoms with Gasteiger partial charge in [0.1, 0.15) is 0 Å². The van der Waals surface area contributed by atoms with Crippen LogP contribution in [0.1, 0.15) is 39.5 Å². The standard InChI is InChI=1S/C11H23NO/c1-11(2)7-5-4-6-10(11)12-8-9-13-3/h10,12H,4-9H2,1-3H3. The maximum Gasteiger partial charge on any atom is 0.0587 e. The minimum Gasteiger partial charge on any atom is -0.383 e. The summed E-state index contributed by atoms with van der Waals surface area (Å²) in [5, 5.41) is 3.59. The topological polar surface area (TPSA) is 21.3 Å². The summed E-state index contributed by atoms with van der Waals surface area (Å²) in [7, 11) is 1.76. The minimum absolute atomic E-state index is 0.478. The third-order valence-electron chi connectivity index (χ3n) is 3.20. The Hall–Kier alpha value is -0.0800. The van der Waals surface area contributed by atoms with Crippen LogP contribution in [-0.4, -0.2) is 26.3 Å². The number of rotatable bonds is 4. The van der Waals surface area contributed by atoms with Crippen LogP contribution in [0.15, 0.2) is 0 Å². The van der Waals surface area contributed by atoms with Gasteiger partial charge in [-0.1, -0.05) is 26.7 Å². The summed E-state index contributed by atoms with van der Waals surface area (Å²) in [6, 6.07) is 0.691. The first-order valence-electron chi connectivity index (χ1n) is 5.39. The van der Waals surface area contributed by atoms with Crippen molar-refractivity contribution in [3.05, 3.63) is 0 Å². The molecule has 0 bridgehead atoms. The fourth-order valence-electron chi connectivity index (χ4n) is 2.21. The van der Waals surface area contributed by atoms with Gasteiger partial charge in [-0.25, -0.2) is 0 Å². The Morgan fingerprint density at radius 3 is 2.77 bits per heavy atom. The van der Waals surface area contributed by atoms with E-state index >= 15 is 0 Å². The second kappa shape index (κ2) is 4.97. The van der Waals surface area contributed by atoms with Crippen molar-refractivity contribution in [3.8, 4) is 0 Å². The Balaban J connectivity index is 2.29. The molecule has 0 aliphatic heterocycles. The Morgan fingerprint density at radius 1 is 1.38 bits per heavy atom. The third kappa shape index (κ3) is 3.28. The van der Waals surface area contributed by atoms with E-state index in [2.05, 4.69) is 19.2 Å². The largest absolute Gasteiger partial charge is 0.383 e. The molecule has 1 N–H and O–H groups in total. The Morgan fingerprint density at radius 2 is 2.15 bits per heavy atom. The number of nitrogens with one attached hydrogen (secondary N) is 1. The van der Waals surface area contributed by atoms with Crippen LogP contribution in [0.3, 0.4) is 0 Å². The average Bonchev–Trinajstić information content (AvgIpc) is 2.08. The zero-order valence-corrected chi connectivity index (χ0v) is 9.23. The smallest absolute Gasteiger partial charge is 0.0587 e. The van der Waals surface area contributed by atoms with Gasteiger partial charge in [0.05, 0.1) is 6.61 Å². The van der Waals surface area contributed by atoms with E-state index in [0.29, 0.717) is 11.5 Å². The summed E-state index contributed by atoms with van der Waals surface area (Å²) >= 11 is 0. The van der Waals surface area contributed by atoms with E-state index in [1.54, 1.807) is 7.11 Å². The first-order chi connectivity index (χ1) is 6.17. The summed E-state index contributed by atoms with van der Waals surface area (Å²) in [6.07, 6.45) is 5.47. The van der Waals surface area contributed by atoms with E-state index in [-0.39, 0.29) is 0 Å². The number of methoxy groups -OCH3 is 1. The molecule has 0 aromatic rings. The zero-order chi connectivity index (χ0) is 9.73. The maximum atomic E-state index is 5.04. The van der Waals surface area contributed by atoms with Crippen LogP contribution in [-0.2, 0) is 4.74 Å². The molecule has 0 amide bonds. The summed E-state index contributed by atoms with van der Waals surface area (Å²) in [6.45, 7) is 6.56. The molecule has 1 fully saturated rings. The third-order valence-corrected chi connectivity index (χ3v) is 3.20. The summed E-state index contributed by atoms with van der Waals surface area (Å²) < 4.78 is 5.04. The van der Waals surface area contributed by atoms with Gasteiger partial charge in [-0.15, -0.1) is 0 Å². The van der Waals surface area contributed by atoms with Crippen LogP contribution < -0.4 is 5.32 Å². The predicted octanol–water partition coefficient (Wildman–Crippen LogP) is 2.19. The van der Waals surface area contributed by atoms with Crippen LogP contribution >= 0.6 is 0 Å². The number of ether oxygens (including phenoxy) is 1. The van der Waals surface area contributed by atoms with Crippen LogP contribution in [0.2, 0.25) is 0 Å². The fraction of sp³-hybridized carbons (Fsp3) is 1.00. The fourth-order valence-corrected chi connectivity index (χ4v) is 2.21. The van der Waals surface area contributed by atoms with Gasteiger partial charge in [-0.2, -0.15) is 0 Å². The van der Waals surface area contributed by atoms with Crippen LogP contribution in [0.4, 0.5) is 0 Å². The molecule has 2 heteroatoms. The van der Waals surface area contributed by atoms with E-state index in [1.807, 2.05) is 0 Å². The first kappa shape index (κ1) is 11.0. The van der Waals surface area contributed by atoms with Gasteiger partial charge >= 0.3 is 0 Å². The zero-order valence-electron chi connectivity index (χ0n) is 9.23. The van der Waals surface area contributed by atoms with Crippen LogP contribution in [0.25, 0.3) is 0 Å². The van der Waals surface area contributed by atoms with E-state index in [4.69, 9.17) is 4.74 Å². The second-order valence-electron chi connectivity index (χ2n) is 4.73. The van der Waals surface area contributed by atoms with Crippen LogP contribution in [0.5, 0.6) is 0 Å². The molecular weight excluding hydrogens is 162 g/mol. The second-order valence-corrected chi connectivity index (χ2v) is 4.73. The lowest BCUT2D eigenvalue weighted by molar-refractivity contribution is 0.145. The average molecular weight is 185 g/mol. The van der Waals surface area contributed by atoms with Gasteiger partial charge in [-0.3, -0.25) is 0 Å². The monoisotopic (exact) mass is 185 g/mol. The molecule has 1 atom stereocenters.